The molecule has 0 bridgehead atoms. The summed E-state index contributed by atoms with van der Waals surface area (Å²) in [4.78, 5) is 13.7. The van der Waals surface area contributed by atoms with Gasteiger partial charge >= 0.3 is 0 Å². The van der Waals surface area contributed by atoms with Gasteiger partial charge in [-0.1, -0.05) is 0 Å². The summed E-state index contributed by atoms with van der Waals surface area (Å²) in [6, 6.07) is 2.20. The van der Waals surface area contributed by atoms with Crippen LogP contribution >= 0.6 is 11.3 Å². The van der Waals surface area contributed by atoms with E-state index in [-0.39, 0.29) is 11.9 Å². The number of aryl methyl sites for hydroxylation is 2. The van der Waals surface area contributed by atoms with Crippen molar-refractivity contribution in [2.45, 2.75) is 38.8 Å². The predicted molar refractivity (Wildman–Crippen MR) is 79.8 cm³/mol. The fourth-order valence-electron chi connectivity index (χ4n) is 2.64. The molecule has 106 valence electrons. The zero-order chi connectivity index (χ0) is 14.1. The van der Waals surface area contributed by atoms with Crippen molar-refractivity contribution in [3.63, 3.8) is 0 Å². The van der Waals surface area contributed by atoms with E-state index in [9.17, 15) is 4.79 Å². The summed E-state index contributed by atoms with van der Waals surface area (Å²) in [5, 5.41) is 9.38. The molecule has 3 N–H and O–H groups in total. The van der Waals surface area contributed by atoms with Gasteiger partial charge in [0.15, 0.2) is 5.69 Å². The van der Waals surface area contributed by atoms with Crippen molar-refractivity contribution in [3.05, 3.63) is 33.8 Å². The van der Waals surface area contributed by atoms with E-state index in [1.54, 1.807) is 22.2 Å². The summed E-state index contributed by atoms with van der Waals surface area (Å²) in [7, 11) is 0. The van der Waals surface area contributed by atoms with E-state index in [1.807, 2.05) is 6.92 Å². The second kappa shape index (κ2) is 5.28. The zero-order valence-corrected chi connectivity index (χ0v) is 12.2. The van der Waals surface area contributed by atoms with Crippen LogP contribution in [0.5, 0.6) is 0 Å². The van der Waals surface area contributed by atoms with Crippen LogP contribution in [0.15, 0.2) is 17.6 Å². The molecular weight excluding hydrogens is 272 g/mol. The highest BCUT2D eigenvalue weighted by atomic mass is 32.1. The summed E-state index contributed by atoms with van der Waals surface area (Å²) < 4.78 is 1.68. The molecule has 2 aromatic heterocycles. The van der Waals surface area contributed by atoms with E-state index in [0.29, 0.717) is 17.9 Å². The van der Waals surface area contributed by atoms with E-state index in [1.165, 1.54) is 10.4 Å². The van der Waals surface area contributed by atoms with Gasteiger partial charge in [0.25, 0.3) is 5.91 Å². The first-order valence-electron chi connectivity index (χ1n) is 6.89. The number of fused-ring (bicyclic) bond motifs is 1. The second-order valence-electron chi connectivity index (χ2n) is 5.01. The van der Waals surface area contributed by atoms with Crippen LogP contribution in [0.1, 0.15) is 46.7 Å². The Bertz CT molecular complexity index is 631. The number of amides is 1. The molecule has 0 aliphatic heterocycles. The largest absolute Gasteiger partial charge is 0.396 e. The average molecular weight is 290 g/mol. The van der Waals surface area contributed by atoms with Crippen LogP contribution in [0.2, 0.25) is 0 Å². The number of anilines is 1. The predicted octanol–water partition coefficient (Wildman–Crippen LogP) is 2.35. The number of nitrogens with one attached hydrogen (secondary N) is 1. The van der Waals surface area contributed by atoms with Crippen LogP contribution in [-0.4, -0.2) is 15.7 Å². The van der Waals surface area contributed by atoms with Crippen LogP contribution < -0.4 is 11.1 Å². The van der Waals surface area contributed by atoms with Crippen molar-refractivity contribution >= 4 is 22.9 Å². The van der Waals surface area contributed by atoms with Crippen molar-refractivity contribution in [2.24, 2.45) is 0 Å². The first-order chi connectivity index (χ1) is 9.69. The standard InChI is InChI=1S/C14H18N4OS/c1-2-18-8-10(15)13(17-18)14(19)16-11-4-3-5-12-9(11)6-7-20-12/h6-8,11H,2-5,15H2,1H3,(H,16,19). The highest BCUT2D eigenvalue weighted by molar-refractivity contribution is 7.10. The van der Waals surface area contributed by atoms with Gasteiger partial charge in [-0.15, -0.1) is 11.3 Å². The van der Waals surface area contributed by atoms with E-state index in [0.717, 1.165) is 19.3 Å². The van der Waals surface area contributed by atoms with E-state index in [4.69, 9.17) is 5.73 Å². The minimum atomic E-state index is -0.182. The zero-order valence-electron chi connectivity index (χ0n) is 11.4. The van der Waals surface area contributed by atoms with Gasteiger partial charge in [-0.3, -0.25) is 9.48 Å². The third-order valence-corrected chi connectivity index (χ3v) is 4.68. The van der Waals surface area contributed by atoms with Gasteiger partial charge in [-0.2, -0.15) is 5.10 Å². The number of rotatable bonds is 3. The highest BCUT2D eigenvalue weighted by Gasteiger charge is 2.24. The minimum absolute atomic E-state index is 0.0867. The maximum atomic E-state index is 12.3. The van der Waals surface area contributed by atoms with Crippen LogP contribution in [-0.2, 0) is 13.0 Å². The van der Waals surface area contributed by atoms with Gasteiger partial charge in [-0.25, -0.2) is 0 Å². The molecule has 1 atom stereocenters. The molecule has 5 nitrogen and oxygen atoms in total. The Labute approximate surface area is 121 Å². The third kappa shape index (κ3) is 2.31. The molecule has 6 heteroatoms. The van der Waals surface area contributed by atoms with Crippen molar-refractivity contribution in [1.29, 1.82) is 0 Å². The number of carbonyl (C=O) groups is 1. The molecule has 2 aromatic rings. The summed E-state index contributed by atoms with van der Waals surface area (Å²) >= 11 is 1.77. The molecule has 0 spiro atoms. The molecule has 0 radical (unpaired) electrons. The first-order valence-corrected chi connectivity index (χ1v) is 7.77. The topological polar surface area (TPSA) is 72.9 Å². The number of hydrogen-bond donors (Lipinski definition) is 2. The van der Waals surface area contributed by atoms with E-state index >= 15 is 0 Å². The Morgan fingerprint density at radius 1 is 1.65 bits per heavy atom. The normalized spacial score (nSPS) is 17.8. The number of aromatic nitrogens is 2. The SMILES string of the molecule is CCn1cc(N)c(C(=O)NC2CCCc3sccc32)n1. The molecule has 0 saturated heterocycles. The summed E-state index contributed by atoms with van der Waals surface area (Å²) in [5.41, 5.74) is 7.87. The Morgan fingerprint density at radius 3 is 3.25 bits per heavy atom. The Morgan fingerprint density at radius 2 is 2.50 bits per heavy atom. The van der Waals surface area contributed by atoms with E-state index < -0.39 is 0 Å². The van der Waals surface area contributed by atoms with Crippen molar-refractivity contribution in [1.82, 2.24) is 15.1 Å². The number of carbonyl (C=O) groups excluding carboxylic acids is 1. The average Bonchev–Trinajstić information content (AvgIpc) is 3.05. The smallest absolute Gasteiger partial charge is 0.274 e. The lowest BCUT2D eigenvalue weighted by Crippen LogP contribution is -2.31. The van der Waals surface area contributed by atoms with Crippen LogP contribution in [0, 0.1) is 0 Å². The summed E-state index contributed by atoms with van der Waals surface area (Å²) in [6.07, 6.45) is 4.90. The number of nitrogen functional groups attached to an aromatic ring is 1. The van der Waals surface area contributed by atoms with Crippen molar-refractivity contribution in [2.75, 3.05) is 5.73 Å². The molecule has 2 heterocycles. The fraction of sp³-hybridized carbons (Fsp3) is 0.429. The van der Waals surface area contributed by atoms with Gasteiger partial charge in [-0.05, 0) is 43.2 Å². The Kier molecular flexibility index (Phi) is 3.48. The molecule has 3 rings (SSSR count). The van der Waals surface area contributed by atoms with Crippen LogP contribution in [0.3, 0.4) is 0 Å². The highest BCUT2D eigenvalue weighted by Crippen LogP contribution is 2.33. The van der Waals surface area contributed by atoms with Crippen LogP contribution in [0.4, 0.5) is 5.69 Å². The van der Waals surface area contributed by atoms with Gasteiger partial charge in [0.05, 0.1) is 11.7 Å². The number of nitrogens with two attached hydrogens (primary N) is 1. The molecule has 0 saturated carbocycles. The molecule has 0 aromatic carbocycles. The minimum Gasteiger partial charge on any atom is -0.396 e. The molecule has 1 amide bonds. The maximum absolute atomic E-state index is 12.3. The first kappa shape index (κ1) is 13.2. The van der Waals surface area contributed by atoms with Crippen LogP contribution in [0.25, 0.3) is 0 Å². The lowest BCUT2D eigenvalue weighted by atomic mass is 9.94. The molecule has 20 heavy (non-hydrogen) atoms. The molecule has 1 aliphatic rings. The van der Waals surface area contributed by atoms with Gasteiger partial charge in [0.2, 0.25) is 0 Å². The van der Waals surface area contributed by atoms with Crippen molar-refractivity contribution < 1.29 is 4.79 Å². The number of thiophene rings is 1. The number of hydrogen-bond acceptors (Lipinski definition) is 4. The summed E-state index contributed by atoms with van der Waals surface area (Å²) in [6.45, 7) is 2.67. The summed E-state index contributed by atoms with van der Waals surface area (Å²) in [5.74, 6) is -0.182. The molecule has 1 aliphatic carbocycles. The lowest BCUT2D eigenvalue weighted by molar-refractivity contribution is 0.0928. The Hall–Kier alpha value is -1.82. The molecule has 0 fully saturated rings. The molecular formula is C14H18N4OS. The monoisotopic (exact) mass is 290 g/mol. The molecule has 1 unspecified atom stereocenters. The van der Waals surface area contributed by atoms with Gasteiger partial charge < -0.3 is 11.1 Å². The number of nitrogens with zero attached hydrogens (tertiary/aromatic N) is 2. The van der Waals surface area contributed by atoms with Gasteiger partial charge in [0, 0.05) is 17.6 Å². The van der Waals surface area contributed by atoms with E-state index in [2.05, 4.69) is 21.9 Å². The third-order valence-electron chi connectivity index (χ3n) is 3.69. The van der Waals surface area contributed by atoms with Crippen molar-refractivity contribution in [3.8, 4) is 0 Å². The van der Waals surface area contributed by atoms with Gasteiger partial charge in [0.1, 0.15) is 0 Å². The maximum Gasteiger partial charge on any atom is 0.274 e. The fourth-order valence-corrected chi connectivity index (χ4v) is 3.63. The lowest BCUT2D eigenvalue weighted by Gasteiger charge is -2.23. The Balaban J connectivity index is 1.78. The quantitative estimate of drug-likeness (QED) is 0.911. The second-order valence-corrected chi connectivity index (χ2v) is 6.01.